The fraction of sp³-hybridized carbons (Fsp3) is 0.625. The number of halogens is 2. The lowest BCUT2D eigenvalue weighted by molar-refractivity contribution is 0.549. The van der Waals surface area contributed by atoms with Crippen LogP contribution in [0.1, 0.15) is 32.8 Å². The summed E-state index contributed by atoms with van der Waals surface area (Å²) in [5.41, 5.74) is 1.18. The SMILES string of the molecule is CCCNC(CSCC(C)C)Cc1ccc(Cl)cc1Cl. The third kappa shape index (κ3) is 7.21. The van der Waals surface area contributed by atoms with Crippen LogP contribution in [0.2, 0.25) is 10.0 Å². The van der Waals surface area contributed by atoms with Crippen molar-refractivity contribution >= 4 is 35.0 Å². The van der Waals surface area contributed by atoms with Gasteiger partial charge in [-0.3, -0.25) is 0 Å². The molecular formula is C16H25Cl2NS. The zero-order chi connectivity index (χ0) is 15.0. The molecule has 0 aliphatic heterocycles. The van der Waals surface area contributed by atoms with Gasteiger partial charge in [0, 0.05) is 21.8 Å². The predicted octanol–water partition coefficient (Wildman–Crippen LogP) is 5.29. The number of hydrogen-bond acceptors (Lipinski definition) is 2. The van der Waals surface area contributed by atoms with Crippen LogP contribution in [-0.2, 0) is 6.42 Å². The molecule has 0 spiro atoms. The van der Waals surface area contributed by atoms with Gasteiger partial charge >= 0.3 is 0 Å². The average Bonchev–Trinajstić information content (AvgIpc) is 2.38. The lowest BCUT2D eigenvalue weighted by Crippen LogP contribution is -2.34. The maximum absolute atomic E-state index is 6.27. The molecular weight excluding hydrogens is 309 g/mol. The van der Waals surface area contributed by atoms with Crippen LogP contribution < -0.4 is 5.32 Å². The molecule has 20 heavy (non-hydrogen) atoms. The van der Waals surface area contributed by atoms with E-state index < -0.39 is 0 Å². The van der Waals surface area contributed by atoms with Crippen molar-refractivity contribution in [3.05, 3.63) is 33.8 Å². The third-order valence-electron chi connectivity index (χ3n) is 2.93. The molecule has 0 aromatic heterocycles. The molecule has 0 radical (unpaired) electrons. The summed E-state index contributed by atoms with van der Waals surface area (Å²) < 4.78 is 0. The van der Waals surface area contributed by atoms with Gasteiger partial charge in [-0.15, -0.1) is 0 Å². The number of thioether (sulfide) groups is 1. The van der Waals surface area contributed by atoms with Crippen molar-refractivity contribution < 1.29 is 0 Å². The number of benzene rings is 1. The zero-order valence-corrected chi connectivity index (χ0v) is 14.9. The Balaban J connectivity index is 2.58. The first kappa shape index (κ1) is 18.2. The van der Waals surface area contributed by atoms with Crippen LogP contribution in [0.15, 0.2) is 18.2 Å². The Labute approximate surface area is 137 Å². The van der Waals surface area contributed by atoms with E-state index in [0.717, 1.165) is 36.1 Å². The summed E-state index contributed by atoms with van der Waals surface area (Å²) in [6.45, 7) is 7.77. The van der Waals surface area contributed by atoms with Crippen LogP contribution in [0.25, 0.3) is 0 Å². The minimum absolute atomic E-state index is 0.470. The Morgan fingerprint density at radius 2 is 1.95 bits per heavy atom. The van der Waals surface area contributed by atoms with Crippen LogP contribution in [0.4, 0.5) is 0 Å². The van der Waals surface area contributed by atoms with E-state index in [1.54, 1.807) is 0 Å². The van der Waals surface area contributed by atoms with Crippen molar-refractivity contribution in [2.75, 3.05) is 18.1 Å². The van der Waals surface area contributed by atoms with E-state index >= 15 is 0 Å². The lowest BCUT2D eigenvalue weighted by Gasteiger charge is -2.19. The molecule has 0 saturated carbocycles. The molecule has 1 unspecified atom stereocenters. The monoisotopic (exact) mass is 333 g/mol. The second-order valence-electron chi connectivity index (χ2n) is 5.52. The molecule has 0 heterocycles. The molecule has 4 heteroatoms. The molecule has 1 N–H and O–H groups in total. The van der Waals surface area contributed by atoms with Crippen LogP contribution in [0, 0.1) is 5.92 Å². The summed E-state index contributed by atoms with van der Waals surface area (Å²) in [5.74, 6) is 3.07. The normalized spacial score (nSPS) is 12.9. The van der Waals surface area contributed by atoms with Gasteiger partial charge in [0.25, 0.3) is 0 Å². The largest absolute Gasteiger partial charge is 0.313 e. The van der Waals surface area contributed by atoms with Gasteiger partial charge < -0.3 is 5.32 Å². The number of hydrogen-bond donors (Lipinski definition) is 1. The van der Waals surface area contributed by atoms with E-state index in [-0.39, 0.29) is 0 Å². The Kier molecular flexibility index (Phi) is 9.03. The van der Waals surface area contributed by atoms with E-state index in [2.05, 4.69) is 26.1 Å². The zero-order valence-electron chi connectivity index (χ0n) is 12.6. The van der Waals surface area contributed by atoms with E-state index in [1.165, 1.54) is 11.3 Å². The summed E-state index contributed by atoms with van der Waals surface area (Å²) in [7, 11) is 0. The van der Waals surface area contributed by atoms with Crippen molar-refractivity contribution in [3.8, 4) is 0 Å². The highest BCUT2D eigenvalue weighted by atomic mass is 35.5. The smallest absolute Gasteiger partial charge is 0.0453 e. The molecule has 1 atom stereocenters. The van der Waals surface area contributed by atoms with Crippen LogP contribution in [0.5, 0.6) is 0 Å². The molecule has 0 aliphatic carbocycles. The fourth-order valence-corrected chi connectivity index (χ4v) is 3.55. The van der Waals surface area contributed by atoms with E-state index in [1.807, 2.05) is 30.0 Å². The van der Waals surface area contributed by atoms with Crippen molar-refractivity contribution in [2.45, 2.75) is 39.7 Å². The summed E-state index contributed by atoms with van der Waals surface area (Å²) >= 11 is 14.2. The van der Waals surface area contributed by atoms with Crippen molar-refractivity contribution in [1.29, 1.82) is 0 Å². The fourth-order valence-electron chi connectivity index (χ4n) is 1.94. The molecule has 0 amide bonds. The van der Waals surface area contributed by atoms with Crippen LogP contribution >= 0.6 is 35.0 Å². The summed E-state index contributed by atoms with van der Waals surface area (Å²) in [6, 6.07) is 6.26. The quantitative estimate of drug-likeness (QED) is 0.658. The van der Waals surface area contributed by atoms with Gasteiger partial charge in [0.1, 0.15) is 0 Å². The summed E-state index contributed by atoms with van der Waals surface area (Å²) in [5, 5.41) is 5.09. The highest BCUT2D eigenvalue weighted by molar-refractivity contribution is 7.99. The second kappa shape index (κ2) is 9.94. The third-order valence-corrected chi connectivity index (χ3v) is 5.06. The van der Waals surface area contributed by atoms with Gasteiger partial charge in [-0.25, -0.2) is 0 Å². The first-order valence-corrected chi connectivity index (χ1v) is 9.19. The van der Waals surface area contributed by atoms with Gasteiger partial charge in [0.05, 0.1) is 0 Å². The molecule has 1 aromatic carbocycles. The Bertz CT molecular complexity index is 396. The molecule has 1 nitrogen and oxygen atoms in total. The van der Waals surface area contributed by atoms with Gasteiger partial charge in [0.15, 0.2) is 0 Å². The van der Waals surface area contributed by atoms with Crippen molar-refractivity contribution in [1.82, 2.24) is 5.32 Å². The summed E-state index contributed by atoms with van der Waals surface area (Å²) in [6.07, 6.45) is 2.11. The number of rotatable bonds is 9. The van der Waals surface area contributed by atoms with E-state index in [4.69, 9.17) is 23.2 Å². The predicted molar refractivity (Wildman–Crippen MR) is 94.4 cm³/mol. The molecule has 0 fully saturated rings. The average molecular weight is 334 g/mol. The van der Waals surface area contributed by atoms with Gasteiger partial charge in [-0.2, -0.15) is 11.8 Å². The van der Waals surface area contributed by atoms with Crippen LogP contribution in [-0.4, -0.2) is 24.1 Å². The van der Waals surface area contributed by atoms with Gasteiger partial charge in [-0.05, 0) is 48.8 Å². The Morgan fingerprint density at radius 1 is 1.20 bits per heavy atom. The first-order valence-electron chi connectivity index (χ1n) is 7.28. The van der Waals surface area contributed by atoms with E-state index in [0.29, 0.717) is 11.1 Å². The molecule has 0 aliphatic rings. The summed E-state index contributed by atoms with van der Waals surface area (Å²) in [4.78, 5) is 0. The highest BCUT2D eigenvalue weighted by Crippen LogP contribution is 2.23. The molecule has 114 valence electrons. The van der Waals surface area contributed by atoms with Gasteiger partial charge in [0.2, 0.25) is 0 Å². The van der Waals surface area contributed by atoms with E-state index in [9.17, 15) is 0 Å². The minimum Gasteiger partial charge on any atom is -0.313 e. The minimum atomic E-state index is 0.470. The van der Waals surface area contributed by atoms with Crippen molar-refractivity contribution in [2.24, 2.45) is 5.92 Å². The molecule has 0 saturated heterocycles. The maximum atomic E-state index is 6.27. The first-order chi connectivity index (χ1) is 9.52. The Hall–Kier alpha value is 0.110. The topological polar surface area (TPSA) is 12.0 Å². The molecule has 1 aromatic rings. The second-order valence-corrected chi connectivity index (χ2v) is 7.44. The molecule has 0 bridgehead atoms. The Morgan fingerprint density at radius 3 is 2.55 bits per heavy atom. The van der Waals surface area contributed by atoms with Crippen molar-refractivity contribution in [3.63, 3.8) is 0 Å². The number of nitrogens with one attached hydrogen (secondary N) is 1. The van der Waals surface area contributed by atoms with Crippen LogP contribution in [0.3, 0.4) is 0 Å². The highest BCUT2D eigenvalue weighted by Gasteiger charge is 2.12. The lowest BCUT2D eigenvalue weighted by atomic mass is 10.1. The standard InChI is InChI=1S/C16H25Cl2NS/c1-4-7-19-15(11-20-10-12(2)3)8-13-5-6-14(17)9-16(13)18/h5-6,9,12,15,19H,4,7-8,10-11H2,1-3H3. The molecule has 1 rings (SSSR count). The maximum Gasteiger partial charge on any atom is 0.0453 e. The van der Waals surface area contributed by atoms with Gasteiger partial charge in [-0.1, -0.05) is 50.0 Å².